The van der Waals surface area contributed by atoms with Crippen LogP contribution >= 0.6 is 0 Å². The van der Waals surface area contributed by atoms with Gasteiger partial charge in [-0.1, -0.05) is 18.2 Å². The van der Waals surface area contributed by atoms with E-state index in [9.17, 15) is 0 Å². The van der Waals surface area contributed by atoms with Gasteiger partial charge in [0.15, 0.2) is 11.5 Å². The normalized spacial score (nSPS) is 14.7. The molecule has 2 aromatic carbocycles. The number of nitrogens with zero attached hydrogens (tertiary/aromatic N) is 3. The number of aromatic amines is 1. The van der Waals surface area contributed by atoms with Crippen LogP contribution in [0.15, 0.2) is 48.9 Å². The van der Waals surface area contributed by atoms with Crippen molar-refractivity contribution >= 4 is 33.3 Å². The fourth-order valence-electron chi connectivity index (χ4n) is 4.03. The van der Waals surface area contributed by atoms with Crippen molar-refractivity contribution in [3.8, 4) is 11.5 Å². The molecule has 8 heteroatoms. The lowest BCUT2D eigenvalue weighted by Crippen LogP contribution is -2.37. The molecule has 0 bridgehead atoms. The summed E-state index contributed by atoms with van der Waals surface area (Å²) < 4.78 is 17.1. The van der Waals surface area contributed by atoms with Crippen LogP contribution in [0.4, 0.5) is 11.5 Å². The van der Waals surface area contributed by atoms with Crippen molar-refractivity contribution in [2.45, 2.75) is 6.42 Å². The Labute approximate surface area is 186 Å². The summed E-state index contributed by atoms with van der Waals surface area (Å²) in [4.78, 5) is 14.6. The van der Waals surface area contributed by atoms with E-state index in [0.717, 1.165) is 72.6 Å². The second kappa shape index (κ2) is 9.42. The number of anilines is 2. The Bertz CT molecular complexity index is 1200. The summed E-state index contributed by atoms with van der Waals surface area (Å²) >= 11 is 0. The van der Waals surface area contributed by atoms with Crippen LogP contribution in [0.1, 0.15) is 6.42 Å². The molecular weight excluding hydrogens is 406 g/mol. The van der Waals surface area contributed by atoms with Crippen LogP contribution in [0.3, 0.4) is 0 Å². The minimum Gasteiger partial charge on any atom is -0.493 e. The lowest BCUT2D eigenvalue weighted by molar-refractivity contribution is 0.0357. The molecule has 4 aromatic rings. The van der Waals surface area contributed by atoms with Crippen molar-refractivity contribution in [2.75, 3.05) is 51.9 Å². The van der Waals surface area contributed by atoms with E-state index >= 15 is 0 Å². The molecule has 3 heterocycles. The summed E-state index contributed by atoms with van der Waals surface area (Å²) in [7, 11) is 1.65. The molecule has 1 aliphatic rings. The van der Waals surface area contributed by atoms with Crippen molar-refractivity contribution in [3.63, 3.8) is 0 Å². The van der Waals surface area contributed by atoms with E-state index in [1.807, 2.05) is 36.5 Å². The first-order valence-electron chi connectivity index (χ1n) is 10.9. The average Bonchev–Trinajstić information content (AvgIpc) is 3.25. The zero-order valence-electron chi connectivity index (χ0n) is 18.1. The number of nitrogens with one attached hydrogen (secondary N) is 2. The third kappa shape index (κ3) is 4.32. The summed E-state index contributed by atoms with van der Waals surface area (Å²) in [5, 5.41) is 5.41. The molecule has 0 spiro atoms. The first-order chi connectivity index (χ1) is 15.8. The number of hydrogen-bond acceptors (Lipinski definition) is 7. The molecule has 0 atom stereocenters. The van der Waals surface area contributed by atoms with Gasteiger partial charge in [0.1, 0.15) is 12.1 Å². The molecule has 0 saturated carbocycles. The van der Waals surface area contributed by atoms with Gasteiger partial charge >= 0.3 is 0 Å². The minimum atomic E-state index is 0.616. The second-order valence-corrected chi connectivity index (χ2v) is 7.77. The van der Waals surface area contributed by atoms with Crippen LogP contribution < -0.4 is 14.8 Å². The molecule has 0 aliphatic carbocycles. The fourth-order valence-corrected chi connectivity index (χ4v) is 4.03. The van der Waals surface area contributed by atoms with E-state index in [1.54, 1.807) is 13.4 Å². The predicted octanol–water partition coefficient (Wildman–Crippen LogP) is 3.96. The summed E-state index contributed by atoms with van der Waals surface area (Å²) in [6.45, 7) is 5.22. The van der Waals surface area contributed by atoms with Gasteiger partial charge in [0, 0.05) is 48.2 Å². The highest BCUT2D eigenvalue weighted by molar-refractivity contribution is 5.98. The number of hydrogen-bond donors (Lipinski definition) is 2. The largest absolute Gasteiger partial charge is 0.493 e. The predicted molar refractivity (Wildman–Crippen MR) is 125 cm³/mol. The van der Waals surface area contributed by atoms with Crippen molar-refractivity contribution < 1.29 is 14.2 Å². The van der Waals surface area contributed by atoms with Crippen molar-refractivity contribution in [2.24, 2.45) is 0 Å². The summed E-state index contributed by atoms with van der Waals surface area (Å²) in [5.41, 5.74) is 2.83. The summed E-state index contributed by atoms with van der Waals surface area (Å²) in [5.74, 6) is 2.08. The number of aromatic nitrogens is 3. The number of rotatable bonds is 8. The van der Waals surface area contributed by atoms with Crippen LogP contribution in [0, 0.1) is 0 Å². The molecule has 2 N–H and O–H groups in total. The number of para-hydroxylation sites is 1. The highest BCUT2D eigenvalue weighted by Gasteiger charge is 2.14. The van der Waals surface area contributed by atoms with Gasteiger partial charge < -0.3 is 24.5 Å². The molecule has 8 nitrogen and oxygen atoms in total. The van der Waals surface area contributed by atoms with Gasteiger partial charge in [-0.15, -0.1) is 0 Å². The Morgan fingerprint density at radius 2 is 1.97 bits per heavy atom. The number of fused-ring (bicyclic) bond motifs is 2. The Balaban J connectivity index is 1.34. The Kier molecular flexibility index (Phi) is 6.04. The maximum absolute atomic E-state index is 6.06. The van der Waals surface area contributed by atoms with Crippen LogP contribution in [0.2, 0.25) is 0 Å². The topological polar surface area (TPSA) is 84.5 Å². The number of methoxy groups -OCH3 is 1. The zero-order chi connectivity index (χ0) is 21.8. The van der Waals surface area contributed by atoms with E-state index in [1.165, 1.54) is 0 Å². The molecule has 166 valence electrons. The molecule has 1 fully saturated rings. The summed E-state index contributed by atoms with van der Waals surface area (Å²) in [6, 6.07) is 12.0. The second-order valence-electron chi connectivity index (χ2n) is 7.77. The van der Waals surface area contributed by atoms with Gasteiger partial charge in [0.2, 0.25) is 0 Å². The first kappa shape index (κ1) is 20.5. The lowest BCUT2D eigenvalue weighted by Gasteiger charge is -2.26. The van der Waals surface area contributed by atoms with Gasteiger partial charge in [-0.25, -0.2) is 9.97 Å². The maximum atomic E-state index is 6.06. The third-order valence-electron chi connectivity index (χ3n) is 5.74. The first-order valence-corrected chi connectivity index (χ1v) is 10.9. The molecule has 0 amide bonds. The van der Waals surface area contributed by atoms with Gasteiger partial charge in [-0.05, 0) is 18.6 Å². The van der Waals surface area contributed by atoms with Crippen molar-refractivity contribution in [1.29, 1.82) is 0 Å². The average molecular weight is 434 g/mol. The van der Waals surface area contributed by atoms with E-state index in [-0.39, 0.29) is 0 Å². The molecule has 5 rings (SSSR count). The Morgan fingerprint density at radius 3 is 2.84 bits per heavy atom. The van der Waals surface area contributed by atoms with E-state index < -0.39 is 0 Å². The smallest absolute Gasteiger partial charge is 0.163 e. The molecular formula is C24H27N5O3. The standard InChI is InChI=1S/C24H27N5O3/c1-30-22-13-18-20(14-23(22)32-10-4-7-29-8-11-31-12-9-29)26-16-27-24(18)28-21-15-25-19-6-3-2-5-17(19)21/h2-3,5-6,13-16,25H,4,7-12H2,1H3,(H,26,27,28). The summed E-state index contributed by atoms with van der Waals surface area (Å²) in [6.07, 6.45) is 4.45. The van der Waals surface area contributed by atoms with E-state index in [0.29, 0.717) is 18.1 Å². The van der Waals surface area contributed by atoms with Gasteiger partial charge in [0.25, 0.3) is 0 Å². The van der Waals surface area contributed by atoms with Gasteiger partial charge in [-0.3, -0.25) is 4.90 Å². The monoisotopic (exact) mass is 433 g/mol. The van der Waals surface area contributed by atoms with Crippen LogP contribution in [-0.4, -0.2) is 66.4 Å². The quantitative estimate of drug-likeness (QED) is 0.407. The fraction of sp³-hybridized carbons (Fsp3) is 0.333. The third-order valence-corrected chi connectivity index (χ3v) is 5.74. The molecule has 1 saturated heterocycles. The van der Waals surface area contributed by atoms with Crippen LogP contribution in [0.25, 0.3) is 21.8 Å². The Hall–Kier alpha value is -3.36. The number of H-pyrrole nitrogens is 1. The van der Waals surface area contributed by atoms with Crippen LogP contribution in [-0.2, 0) is 4.74 Å². The van der Waals surface area contributed by atoms with Crippen LogP contribution in [0.5, 0.6) is 11.5 Å². The van der Waals surface area contributed by atoms with Crippen molar-refractivity contribution in [1.82, 2.24) is 19.9 Å². The highest BCUT2D eigenvalue weighted by atomic mass is 16.5. The highest BCUT2D eigenvalue weighted by Crippen LogP contribution is 2.35. The molecule has 32 heavy (non-hydrogen) atoms. The maximum Gasteiger partial charge on any atom is 0.163 e. The molecule has 2 aromatic heterocycles. The number of morpholine rings is 1. The Morgan fingerprint density at radius 1 is 1.09 bits per heavy atom. The lowest BCUT2D eigenvalue weighted by atomic mass is 10.2. The molecule has 0 unspecified atom stereocenters. The zero-order valence-corrected chi connectivity index (χ0v) is 18.1. The number of benzene rings is 2. The van der Waals surface area contributed by atoms with Crippen molar-refractivity contribution in [3.05, 3.63) is 48.9 Å². The van der Waals surface area contributed by atoms with Gasteiger partial charge in [-0.2, -0.15) is 0 Å². The molecule has 1 aliphatic heterocycles. The SMILES string of the molecule is COc1cc2c(Nc3c[nH]c4ccccc34)ncnc2cc1OCCCN1CCOCC1. The minimum absolute atomic E-state index is 0.616. The van der Waals surface area contributed by atoms with Gasteiger partial charge in [0.05, 0.1) is 38.1 Å². The van der Waals surface area contributed by atoms with E-state index in [4.69, 9.17) is 14.2 Å². The van der Waals surface area contributed by atoms with E-state index in [2.05, 4.69) is 31.2 Å². The number of ether oxygens (including phenoxy) is 3. The molecule has 0 radical (unpaired) electrons.